The van der Waals surface area contributed by atoms with Crippen LogP contribution in [0.5, 0.6) is 5.75 Å². The van der Waals surface area contributed by atoms with Gasteiger partial charge in [0.1, 0.15) is 11.4 Å². The zero-order valence-corrected chi connectivity index (χ0v) is 17.2. The van der Waals surface area contributed by atoms with Crippen LogP contribution in [0, 0.1) is 0 Å². The van der Waals surface area contributed by atoms with Crippen molar-refractivity contribution in [3.63, 3.8) is 0 Å². The number of nitrogens with zero attached hydrogens (tertiary/aromatic N) is 3. The smallest absolute Gasteiger partial charge is 0.275 e. The van der Waals surface area contributed by atoms with Gasteiger partial charge in [-0.3, -0.25) is 9.78 Å². The van der Waals surface area contributed by atoms with Crippen LogP contribution in [0.1, 0.15) is 24.3 Å². The molecule has 0 saturated carbocycles. The molecule has 152 valence electrons. The van der Waals surface area contributed by atoms with E-state index in [0.29, 0.717) is 29.9 Å². The van der Waals surface area contributed by atoms with Gasteiger partial charge in [-0.25, -0.2) is 13.4 Å². The topological polar surface area (TPSA) is 101 Å². The molecule has 0 fully saturated rings. The molecule has 3 rings (SSSR count). The molecule has 1 amide bonds. The van der Waals surface area contributed by atoms with Gasteiger partial charge in [0.15, 0.2) is 0 Å². The van der Waals surface area contributed by atoms with Gasteiger partial charge in [0.25, 0.3) is 5.91 Å². The van der Waals surface area contributed by atoms with E-state index in [-0.39, 0.29) is 16.3 Å². The number of rotatable bonds is 7. The number of ether oxygens (including phenoxy) is 1. The number of sulfonamides is 1. The van der Waals surface area contributed by atoms with Crippen molar-refractivity contribution in [1.82, 2.24) is 14.3 Å². The Morgan fingerprint density at radius 1 is 1.10 bits per heavy atom. The fraction of sp³-hybridized carbons (Fsp3) is 0.250. The molecule has 0 spiro atoms. The molecule has 29 heavy (non-hydrogen) atoms. The Balaban J connectivity index is 1.95. The molecule has 9 heteroatoms. The SMILES string of the molecule is CCN(CC)S(=O)(=O)c1ccc(OC)c(NC(=O)c2cnc3ccccc3n2)c1. The van der Waals surface area contributed by atoms with Crippen LogP contribution >= 0.6 is 0 Å². The fourth-order valence-corrected chi connectivity index (χ4v) is 4.40. The van der Waals surface area contributed by atoms with Crippen LogP contribution in [0.25, 0.3) is 11.0 Å². The Kier molecular flexibility index (Phi) is 6.09. The van der Waals surface area contributed by atoms with Crippen molar-refractivity contribution in [3.05, 3.63) is 54.4 Å². The first-order chi connectivity index (χ1) is 13.9. The van der Waals surface area contributed by atoms with Gasteiger partial charge < -0.3 is 10.1 Å². The van der Waals surface area contributed by atoms with Crippen molar-refractivity contribution in [3.8, 4) is 5.75 Å². The molecule has 2 aromatic carbocycles. The van der Waals surface area contributed by atoms with Gasteiger partial charge in [0.05, 0.1) is 34.9 Å². The summed E-state index contributed by atoms with van der Waals surface area (Å²) in [5.74, 6) is -0.176. The van der Waals surface area contributed by atoms with Gasteiger partial charge in [-0.2, -0.15) is 4.31 Å². The highest BCUT2D eigenvalue weighted by atomic mass is 32.2. The van der Waals surface area contributed by atoms with Crippen LogP contribution in [0.2, 0.25) is 0 Å². The normalized spacial score (nSPS) is 11.6. The molecule has 1 N–H and O–H groups in total. The number of benzene rings is 2. The highest BCUT2D eigenvalue weighted by Gasteiger charge is 2.23. The van der Waals surface area contributed by atoms with Crippen molar-refractivity contribution in [1.29, 1.82) is 0 Å². The molecule has 0 aliphatic carbocycles. The van der Waals surface area contributed by atoms with E-state index in [1.54, 1.807) is 26.0 Å². The number of anilines is 1. The Morgan fingerprint density at radius 3 is 2.45 bits per heavy atom. The Bertz CT molecular complexity index is 1140. The second-order valence-electron chi connectivity index (χ2n) is 6.15. The van der Waals surface area contributed by atoms with Crippen LogP contribution in [-0.2, 0) is 10.0 Å². The Labute approximate surface area is 169 Å². The number of carbonyl (C=O) groups is 1. The monoisotopic (exact) mass is 414 g/mol. The van der Waals surface area contributed by atoms with E-state index in [9.17, 15) is 13.2 Å². The first-order valence-electron chi connectivity index (χ1n) is 9.12. The maximum atomic E-state index is 12.8. The van der Waals surface area contributed by atoms with Crippen molar-refractivity contribution in [2.75, 3.05) is 25.5 Å². The van der Waals surface area contributed by atoms with E-state index in [2.05, 4.69) is 15.3 Å². The van der Waals surface area contributed by atoms with E-state index in [1.807, 2.05) is 12.1 Å². The predicted octanol–water partition coefficient (Wildman–Crippen LogP) is 2.92. The average Bonchev–Trinajstić information content (AvgIpc) is 2.74. The van der Waals surface area contributed by atoms with Gasteiger partial charge in [-0.1, -0.05) is 26.0 Å². The van der Waals surface area contributed by atoms with Gasteiger partial charge in [-0.15, -0.1) is 0 Å². The summed E-state index contributed by atoms with van der Waals surface area (Å²) in [7, 11) is -2.24. The maximum Gasteiger partial charge on any atom is 0.275 e. The Morgan fingerprint density at radius 2 is 1.79 bits per heavy atom. The summed E-state index contributed by atoms with van der Waals surface area (Å²) in [5.41, 5.74) is 1.61. The van der Waals surface area contributed by atoms with Gasteiger partial charge >= 0.3 is 0 Å². The lowest BCUT2D eigenvalue weighted by atomic mass is 10.2. The highest BCUT2D eigenvalue weighted by Crippen LogP contribution is 2.29. The number of hydrogen-bond acceptors (Lipinski definition) is 6. The molecule has 8 nitrogen and oxygen atoms in total. The van der Waals surface area contributed by atoms with Crippen LogP contribution in [-0.4, -0.2) is 48.8 Å². The van der Waals surface area contributed by atoms with Crippen molar-refractivity contribution in [2.24, 2.45) is 0 Å². The lowest BCUT2D eigenvalue weighted by Crippen LogP contribution is -2.30. The zero-order chi connectivity index (χ0) is 21.0. The predicted molar refractivity (Wildman–Crippen MR) is 111 cm³/mol. The first kappa shape index (κ1) is 20.7. The van der Waals surface area contributed by atoms with Gasteiger partial charge in [0.2, 0.25) is 10.0 Å². The summed E-state index contributed by atoms with van der Waals surface area (Å²) in [4.78, 5) is 21.3. The molecule has 0 aliphatic heterocycles. The minimum absolute atomic E-state index is 0.0712. The van der Waals surface area contributed by atoms with Crippen LogP contribution in [0.15, 0.2) is 53.6 Å². The summed E-state index contributed by atoms with van der Waals surface area (Å²) >= 11 is 0. The second kappa shape index (κ2) is 8.54. The molecule has 0 aliphatic rings. The zero-order valence-electron chi connectivity index (χ0n) is 16.4. The van der Waals surface area contributed by atoms with Crippen LogP contribution in [0.4, 0.5) is 5.69 Å². The van der Waals surface area contributed by atoms with E-state index >= 15 is 0 Å². The quantitative estimate of drug-likeness (QED) is 0.638. The number of fused-ring (bicyclic) bond motifs is 1. The molecule has 0 atom stereocenters. The molecule has 0 bridgehead atoms. The van der Waals surface area contributed by atoms with Crippen molar-refractivity contribution in [2.45, 2.75) is 18.7 Å². The fourth-order valence-electron chi connectivity index (χ4n) is 2.91. The molecular formula is C20H22N4O4S. The van der Waals surface area contributed by atoms with Crippen LogP contribution < -0.4 is 10.1 Å². The van der Waals surface area contributed by atoms with E-state index in [4.69, 9.17) is 4.74 Å². The second-order valence-corrected chi connectivity index (χ2v) is 8.09. The maximum absolute atomic E-state index is 12.8. The number of nitrogens with one attached hydrogen (secondary N) is 1. The summed E-state index contributed by atoms with van der Waals surface area (Å²) in [6.45, 7) is 4.23. The third-order valence-electron chi connectivity index (χ3n) is 4.44. The summed E-state index contributed by atoms with van der Waals surface area (Å²) in [6.07, 6.45) is 1.38. The van der Waals surface area contributed by atoms with E-state index in [1.165, 1.54) is 35.8 Å². The largest absolute Gasteiger partial charge is 0.495 e. The van der Waals surface area contributed by atoms with Gasteiger partial charge in [0, 0.05) is 13.1 Å². The number of hydrogen-bond donors (Lipinski definition) is 1. The number of carbonyl (C=O) groups excluding carboxylic acids is 1. The lowest BCUT2D eigenvalue weighted by Gasteiger charge is -2.19. The molecular weight excluding hydrogens is 392 g/mol. The minimum atomic E-state index is -3.68. The van der Waals surface area contributed by atoms with E-state index < -0.39 is 15.9 Å². The standard InChI is InChI=1S/C20H22N4O4S/c1-4-24(5-2)29(26,27)14-10-11-19(28-3)17(12-14)23-20(25)18-13-21-15-8-6-7-9-16(15)22-18/h6-13H,4-5H2,1-3H3,(H,23,25). The summed E-state index contributed by atoms with van der Waals surface area (Å²) in [5, 5.41) is 2.68. The minimum Gasteiger partial charge on any atom is -0.495 e. The summed E-state index contributed by atoms with van der Waals surface area (Å²) < 4.78 is 32.2. The van der Waals surface area contributed by atoms with E-state index in [0.717, 1.165) is 0 Å². The average molecular weight is 414 g/mol. The molecule has 0 radical (unpaired) electrons. The third kappa shape index (κ3) is 4.20. The summed E-state index contributed by atoms with van der Waals surface area (Å²) in [6, 6.07) is 11.6. The number of para-hydroxylation sites is 2. The van der Waals surface area contributed by atoms with Crippen molar-refractivity contribution < 1.29 is 17.9 Å². The number of aromatic nitrogens is 2. The highest BCUT2D eigenvalue weighted by molar-refractivity contribution is 7.89. The number of methoxy groups -OCH3 is 1. The lowest BCUT2D eigenvalue weighted by molar-refractivity contribution is 0.102. The molecule has 1 heterocycles. The molecule has 0 saturated heterocycles. The molecule has 0 unspecified atom stereocenters. The molecule has 1 aromatic heterocycles. The Hall–Kier alpha value is -3.04. The molecule has 3 aromatic rings. The first-order valence-corrected chi connectivity index (χ1v) is 10.6. The number of amides is 1. The van der Waals surface area contributed by atoms with Crippen LogP contribution in [0.3, 0.4) is 0 Å². The van der Waals surface area contributed by atoms with Crippen molar-refractivity contribution >= 4 is 32.7 Å². The third-order valence-corrected chi connectivity index (χ3v) is 6.49. The van der Waals surface area contributed by atoms with Gasteiger partial charge in [-0.05, 0) is 30.3 Å².